The lowest BCUT2D eigenvalue weighted by atomic mass is 10.3. The Morgan fingerprint density at radius 1 is 1.33 bits per heavy atom. The largest absolute Gasteiger partial charge is 0.347 e. The van der Waals surface area contributed by atoms with E-state index < -0.39 is 0 Å². The van der Waals surface area contributed by atoms with Crippen LogP contribution in [0.4, 0.5) is 0 Å². The van der Waals surface area contributed by atoms with Crippen LogP contribution < -0.4 is 0 Å². The van der Waals surface area contributed by atoms with Crippen molar-refractivity contribution in [3.8, 4) is 0 Å². The van der Waals surface area contributed by atoms with Crippen LogP contribution in [0.2, 0.25) is 0 Å². The summed E-state index contributed by atoms with van der Waals surface area (Å²) in [6.45, 7) is 3.44. The van der Waals surface area contributed by atoms with Gasteiger partial charge in [0.25, 0.3) is 0 Å². The fourth-order valence-electron chi connectivity index (χ4n) is 1.88. The lowest BCUT2D eigenvalue weighted by Gasteiger charge is -2.21. The molecule has 0 radical (unpaired) electrons. The summed E-state index contributed by atoms with van der Waals surface area (Å²) in [4.78, 5) is 26.6. The highest BCUT2D eigenvalue weighted by atomic mass is 32.2. The number of amides is 1. The van der Waals surface area contributed by atoms with Gasteiger partial charge in [-0.15, -0.1) is 11.8 Å². The van der Waals surface area contributed by atoms with Gasteiger partial charge in [0.05, 0.1) is 12.3 Å². The molecule has 0 bridgehead atoms. The number of aromatic nitrogens is 3. The molecule has 0 atom stereocenters. The molecule has 2 aromatic rings. The fourth-order valence-corrected chi connectivity index (χ4v) is 2.66. The standard InChI is InChI=1S/C15H20N4OS/c1-2-3-10-19(11-14-17-8-9-18-14)15(20)12-21-13-4-6-16-7-5-13/h4-9H,2-3,10-12H2,1H3,(H,17,18). The summed E-state index contributed by atoms with van der Waals surface area (Å²) in [5.74, 6) is 1.41. The van der Waals surface area contributed by atoms with Gasteiger partial charge in [0, 0.05) is 36.2 Å². The number of hydrogen-bond donors (Lipinski definition) is 1. The summed E-state index contributed by atoms with van der Waals surface area (Å²) in [5.41, 5.74) is 0. The molecule has 0 aliphatic carbocycles. The molecule has 2 aromatic heterocycles. The van der Waals surface area contributed by atoms with E-state index >= 15 is 0 Å². The Balaban J connectivity index is 1.90. The van der Waals surface area contributed by atoms with Crippen LogP contribution in [0, 0.1) is 0 Å². The molecule has 0 aliphatic heterocycles. The third-order valence-electron chi connectivity index (χ3n) is 3.04. The zero-order valence-corrected chi connectivity index (χ0v) is 13.0. The summed E-state index contributed by atoms with van der Waals surface area (Å²) in [5, 5.41) is 0. The monoisotopic (exact) mass is 304 g/mol. The number of rotatable bonds is 8. The molecule has 0 spiro atoms. The molecule has 0 aliphatic rings. The van der Waals surface area contributed by atoms with E-state index in [1.54, 1.807) is 36.5 Å². The van der Waals surface area contributed by atoms with Crippen LogP contribution in [0.3, 0.4) is 0 Å². The second-order valence-corrected chi connectivity index (χ2v) is 5.73. The maximum absolute atomic E-state index is 12.4. The molecule has 1 amide bonds. The van der Waals surface area contributed by atoms with Gasteiger partial charge in [0.1, 0.15) is 5.82 Å². The van der Waals surface area contributed by atoms with Gasteiger partial charge in [0.2, 0.25) is 5.91 Å². The van der Waals surface area contributed by atoms with E-state index in [9.17, 15) is 4.79 Å². The van der Waals surface area contributed by atoms with Gasteiger partial charge in [-0.05, 0) is 18.6 Å². The number of carbonyl (C=O) groups is 1. The van der Waals surface area contributed by atoms with E-state index in [2.05, 4.69) is 21.9 Å². The van der Waals surface area contributed by atoms with Crippen molar-refractivity contribution in [1.29, 1.82) is 0 Å². The second-order valence-electron chi connectivity index (χ2n) is 4.68. The molecule has 0 aromatic carbocycles. The van der Waals surface area contributed by atoms with Crippen molar-refractivity contribution >= 4 is 17.7 Å². The number of H-pyrrole nitrogens is 1. The minimum atomic E-state index is 0.140. The average Bonchev–Trinajstić information content (AvgIpc) is 3.03. The molecule has 0 saturated carbocycles. The van der Waals surface area contributed by atoms with E-state index in [1.165, 1.54) is 0 Å². The van der Waals surface area contributed by atoms with Gasteiger partial charge in [-0.3, -0.25) is 9.78 Å². The van der Waals surface area contributed by atoms with Crippen molar-refractivity contribution in [1.82, 2.24) is 19.9 Å². The van der Waals surface area contributed by atoms with E-state index in [0.29, 0.717) is 12.3 Å². The van der Waals surface area contributed by atoms with Crippen molar-refractivity contribution in [3.05, 3.63) is 42.7 Å². The predicted molar refractivity (Wildman–Crippen MR) is 83.9 cm³/mol. The van der Waals surface area contributed by atoms with Gasteiger partial charge in [0.15, 0.2) is 0 Å². The SMILES string of the molecule is CCCCN(Cc1ncc[nH]1)C(=O)CSc1ccncc1. The molecular formula is C15H20N4OS. The van der Waals surface area contributed by atoms with Gasteiger partial charge in [-0.1, -0.05) is 13.3 Å². The van der Waals surface area contributed by atoms with Gasteiger partial charge in [-0.25, -0.2) is 4.98 Å². The summed E-state index contributed by atoms with van der Waals surface area (Å²) >= 11 is 1.54. The van der Waals surface area contributed by atoms with Crippen LogP contribution in [0.1, 0.15) is 25.6 Å². The van der Waals surface area contributed by atoms with E-state index in [4.69, 9.17) is 0 Å². The Morgan fingerprint density at radius 2 is 2.14 bits per heavy atom. The van der Waals surface area contributed by atoms with Crippen LogP contribution in [0.15, 0.2) is 41.8 Å². The predicted octanol–water partition coefficient (Wildman–Crippen LogP) is 2.73. The Kier molecular flexibility index (Phi) is 6.27. The Hall–Kier alpha value is -1.82. The number of aromatic amines is 1. The molecule has 2 heterocycles. The quantitative estimate of drug-likeness (QED) is 0.762. The number of unbranched alkanes of at least 4 members (excludes halogenated alkanes) is 1. The highest BCUT2D eigenvalue weighted by Crippen LogP contribution is 2.17. The van der Waals surface area contributed by atoms with Crippen LogP contribution in [-0.2, 0) is 11.3 Å². The lowest BCUT2D eigenvalue weighted by molar-refractivity contribution is -0.129. The highest BCUT2D eigenvalue weighted by Gasteiger charge is 2.14. The van der Waals surface area contributed by atoms with Crippen LogP contribution >= 0.6 is 11.8 Å². The molecule has 0 unspecified atom stereocenters. The molecule has 6 heteroatoms. The van der Waals surface area contributed by atoms with Gasteiger partial charge < -0.3 is 9.88 Å². The molecular weight excluding hydrogens is 284 g/mol. The number of pyridine rings is 1. The maximum Gasteiger partial charge on any atom is 0.233 e. The van der Waals surface area contributed by atoms with E-state index in [0.717, 1.165) is 30.1 Å². The third kappa shape index (κ3) is 5.23. The summed E-state index contributed by atoms with van der Waals surface area (Å²) in [6.07, 6.45) is 9.05. The highest BCUT2D eigenvalue weighted by molar-refractivity contribution is 8.00. The molecule has 2 rings (SSSR count). The fraction of sp³-hybridized carbons (Fsp3) is 0.400. The number of carbonyl (C=O) groups excluding carboxylic acids is 1. The molecule has 21 heavy (non-hydrogen) atoms. The Morgan fingerprint density at radius 3 is 2.81 bits per heavy atom. The van der Waals surface area contributed by atoms with Crippen molar-refractivity contribution in [3.63, 3.8) is 0 Å². The second kappa shape index (κ2) is 8.46. The number of imidazole rings is 1. The Labute approximate surface area is 129 Å². The normalized spacial score (nSPS) is 10.5. The minimum Gasteiger partial charge on any atom is -0.347 e. The van der Waals surface area contributed by atoms with Crippen molar-refractivity contribution in [2.24, 2.45) is 0 Å². The van der Waals surface area contributed by atoms with E-state index in [1.807, 2.05) is 17.0 Å². The zero-order chi connectivity index (χ0) is 14.9. The summed E-state index contributed by atoms with van der Waals surface area (Å²) in [6, 6.07) is 3.84. The first-order valence-corrected chi connectivity index (χ1v) is 8.07. The van der Waals surface area contributed by atoms with Crippen molar-refractivity contribution in [2.75, 3.05) is 12.3 Å². The molecule has 0 fully saturated rings. The number of hydrogen-bond acceptors (Lipinski definition) is 4. The molecule has 1 N–H and O–H groups in total. The smallest absolute Gasteiger partial charge is 0.233 e. The van der Waals surface area contributed by atoms with Crippen LogP contribution in [0.5, 0.6) is 0 Å². The first kappa shape index (κ1) is 15.6. The van der Waals surface area contributed by atoms with Crippen molar-refractivity contribution < 1.29 is 4.79 Å². The third-order valence-corrected chi connectivity index (χ3v) is 4.04. The number of thioether (sulfide) groups is 1. The minimum absolute atomic E-state index is 0.140. The van der Waals surface area contributed by atoms with E-state index in [-0.39, 0.29) is 5.91 Å². The van der Waals surface area contributed by atoms with Gasteiger partial charge in [-0.2, -0.15) is 0 Å². The van der Waals surface area contributed by atoms with Crippen LogP contribution in [-0.4, -0.2) is 38.1 Å². The van der Waals surface area contributed by atoms with Crippen molar-refractivity contribution in [2.45, 2.75) is 31.2 Å². The molecule has 0 saturated heterocycles. The average molecular weight is 304 g/mol. The van der Waals surface area contributed by atoms with Crippen LogP contribution in [0.25, 0.3) is 0 Å². The first-order chi connectivity index (χ1) is 10.3. The summed E-state index contributed by atoms with van der Waals surface area (Å²) in [7, 11) is 0. The first-order valence-electron chi connectivity index (χ1n) is 7.08. The maximum atomic E-state index is 12.4. The zero-order valence-electron chi connectivity index (χ0n) is 12.2. The number of nitrogens with zero attached hydrogens (tertiary/aromatic N) is 3. The number of nitrogens with one attached hydrogen (secondary N) is 1. The lowest BCUT2D eigenvalue weighted by Crippen LogP contribution is -2.33. The van der Waals surface area contributed by atoms with Gasteiger partial charge >= 0.3 is 0 Å². The molecule has 5 nitrogen and oxygen atoms in total. The molecule has 112 valence electrons. The topological polar surface area (TPSA) is 61.9 Å². The summed E-state index contributed by atoms with van der Waals surface area (Å²) < 4.78 is 0. The Bertz CT molecular complexity index is 530.